The number of aryl methyl sites for hydroxylation is 1. The molecule has 0 atom stereocenters. The summed E-state index contributed by atoms with van der Waals surface area (Å²) in [5.41, 5.74) is 6.41. The summed E-state index contributed by atoms with van der Waals surface area (Å²) < 4.78 is 28.3. The van der Waals surface area contributed by atoms with Gasteiger partial charge in [0.1, 0.15) is 4.90 Å². The van der Waals surface area contributed by atoms with Gasteiger partial charge < -0.3 is 10.3 Å². The van der Waals surface area contributed by atoms with Crippen molar-refractivity contribution in [1.82, 2.24) is 8.87 Å². The molecule has 102 valence electrons. The predicted molar refractivity (Wildman–Crippen MR) is 70.5 cm³/mol. The van der Waals surface area contributed by atoms with Gasteiger partial charge in [-0.3, -0.25) is 0 Å². The fourth-order valence-corrected chi connectivity index (χ4v) is 3.68. The van der Waals surface area contributed by atoms with Crippen LogP contribution in [0.5, 0.6) is 0 Å². The molecule has 0 saturated heterocycles. The van der Waals surface area contributed by atoms with E-state index < -0.39 is 10.0 Å². The van der Waals surface area contributed by atoms with Gasteiger partial charge >= 0.3 is 0 Å². The summed E-state index contributed by atoms with van der Waals surface area (Å²) in [6.07, 6.45) is 3.94. The Bertz CT molecular complexity index is 517. The summed E-state index contributed by atoms with van der Waals surface area (Å²) in [6.45, 7) is 3.39. The Labute approximate surface area is 109 Å². The molecule has 5 nitrogen and oxygen atoms in total. The van der Waals surface area contributed by atoms with Crippen LogP contribution in [0.1, 0.15) is 25.5 Å². The van der Waals surface area contributed by atoms with Crippen LogP contribution in [0.25, 0.3) is 0 Å². The Morgan fingerprint density at radius 2 is 2.17 bits per heavy atom. The highest BCUT2D eigenvalue weighted by Gasteiger charge is 2.31. The van der Waals surface area contributed by atoms with Crippen molar-refractivity contribution in [2.75, 3.05) is 13.1 Å². The molecule has 1 aromatic rings. The molecule has 18 heavy (non-hydrogen) atoms. The maximum atomic E-state index is 12.5. The highest BCUT2D eigenvalue weighted by atomic mass is 32.2. The minimum Gasteiger partial charge on any atom is -0.352 e. The quantitative estimate of drug-likeness (QED) is 0.836. The molecule has 2 rings (SSSR count). The molecular weight excluding hydrogens is 250 g/mol. The fraction of sp³-hybridized carbons (Fsp3) is 0.667. The summed E-state index contributed by atoms with van der Waals surface area (Å²) in [7, 11) is -1.54. The van der Waals surface area contributed by atoms with Crippen molar-refractivity contribution in [3.8, 4) is 0 Å². The predicted octanol–water partition coefficient (Wildman–Crippen LogP) is 0.904. The number of sulfonamides is 1. The molecule has 1 aliphatic carbocycles. The van der Waals surface area contributed by atoms with Crippen molar-refractivity contribution < 1.29 is 8.42 Å². The number of aromatic nitrogens is 1. The molecule has 0 aromatic carbocycles. The average Bonchev–Trinajstić information content (AvgIpc) is 3.07. The van der Waals surface area contributed by atoms with Crippen LogP contribution < -0.4 is 5.73 Å². The molecule has 0 amide bonds. The Morgan fingerprint density at radius 1 is 1.50 bits per heavy atom. The topological polar surface area (TPSA) is 68.3 Å². The third-order valence-corrected chi connectivity index (χ3v) is 5.35. The lowest BCUT2D eigenvalue weighted by atomic mass is 10.4. The van der Waals surface area contributed by atoms with E-state index in [1.807, 2.05) is 14.0 Å². The zero-order valence-corrected chi connectivity index (χ0v) is 11.8. The molecule has 1 fully saturated rings. The van der Waals surface area contributed by atoms with E-state index in [1.54, 1.807) is 21.1 Å². The van der Waals surface area contributed by atoms with Crippen LogP contribution in [0.4, 0.5) is 0 Å². The van der Waals surface area contributed by atoms with Crippen molar-refractivity contribution in [3.63, 3.8) is 0 Å². The zero-order valence-electron chi connectivity index (χ0n) is 11.0. The third kappa shape index (κ3) is 2.60. The minimum atomic E-state index is -3.36. The Kier molecular flexibility index (Phi) is 3.79. The summed E-state index contributed by atoms with van der Waals surface area (Å²) >= 11 is 0. The van der Waals surface area contributed by atoms with Crippen LogP contribution in [0.3, 0.4) is 0 Å². The maximum absolute atomic E-state index is 12.5. The largest absolute Gasteiger partial charge is 0.352 e. The summed E-state index contributed by atoms with van der Waals surface area (Å²) in [5.74, 6) is 0.553. The first kappa shape index (κ1) is 13.6. The summed E-state index contributed by atoms with van der Waals surface area (Å²) in [4.78, 5) is 0.355. The van der Waals surface area contributed by atoms with Crippen LogP contribution in [0, 0.1) is 5.92 Å². The van der Waals surface area contributed by atoms with E-state index in [-0.39, 0.29) is 0 Å². The molecular formula is C12H21N3O2S. The van der Waals surface area contributed by atoms with E-state index in [0.717, 1.165) is 18.5 Å². The molecule has 0 radical (unpaired) electrons. The van der Waals surface area contributed by atoms with Crippen LogP contribution in [0.15, 0.2) is 17.2 Å². The fourth-order valence-electron chi connectivity index (χ4n) is 2.06. The van der Waals surface area contributed by atoms with Gasteiger partial charge in [0, 0.05) is 38.6 Å². The first-order valence-corrected chi connectivity index (χ1v) is 7.78. The van der Waals surface area contributed by atoms with Crippen molar-refractivity contribution in [2.45, 2.75) is 31.2 Å². The lowest BCUT2D eigenvalue weighted by Gasteiger charge is -2.19. The maximum Gasteiger partial charge on any atom is 0.244 e. The molecule has 0 bridgehead atoms. The van der Waals surface area contributed by atoms with E-state index in [1.165, 1.54) is 0 Å². The second-order valence-corrected chi connectivity index (χ2v) is 6.82. The first-order chi connectivity index (χ1) is 8.48. The molecule has 6 heteroatoms. The molecule has 0 unspecified atom stereocenters. The standard InChI is InChI=1S/C12H21N3O2S/c1-3-15(8-10-4-5-10)18(16,17)12-6-11(7-13)14(2)9-12/h6,9-10H,3-5,7-8,13H2,1-2H3. The second kappa shape index (κ2) is 5.03. The number of nitrogens with zero attached hydrogens (tertiary/aromatic N) is 2. The zero-order chi connectivity index (χ0) is 13.3. The van der Waals surface area contributed by atoms with Crippen molar-refractivity contribution in [3.05, 3.63) is 18.0 Å². The van der Waals surface area contributed by atoms with Crippen molar-refractivity contribution >= 4 is 10.0 Å². The van der Waals surface area contributed by atoms with Crippen molar-refractivity contribution in [1.29, 1.82) is 0 Å². The van der Waals surface area contributed by atoms with Gasteiger partial charge in [0.15, 0.2) is 0 Å². The van der Waals surface area contributed by atoms with Gasteiger partial charge in [-0.15, -0.1) is 0 Å². The number of hydrogen-bond donors (Lipinski definition) is 1. The van der Waals surface area contributed by atoms with Crippen LogP contribution in [-0.4, -0.2) is 30.4 Å². The molecule has 0 spiro atoms. The van der Waals surface area contributed by atoms with Crippen LogP contribution in [-0.2, 0) is 23.6 Å². The van der Waals surface area contributed by atoms with E-state index in [0.29, 0.717) is 30.4 Å². The van der Waals surface area contributed by atoms with E-state index in [4.69, 9.17) is 5.73 Å². The molecule has 0 aliphatic heterocycles. The third-order valence-electron chi connectivity index (χ3n) is 3.44. The number of hydrogen-bond acceptors (Lipinski definition) is 3. The van der Waals surface area contributed by atoms with Gasteiger partial charge in [-0.25, -0.2) is 8.42 Å². The molecule has 1 aromatic heterocycles. The smallest absolute Gasteiger partial charge is 0.244 e. The van der Waals surface area contributed by atoms with E-state index in [9.17, 15) is 8.42 Å². The van der Waals surface area contributed by atoms with Gasteiger partial charge in [-0.2, -0.15) is 4.31 Å². The Hall–Kier alpha value is -0.850. The van der Waals surface area contributed by atoms with Gasteiger partial charge in [0.2, 0.25) is 10.0 Å². The van der Waals surface area contributed by atoms with Gasteiger partial charge in [-0.05, 0) is 24.8 Å². The van der Waals surface area contributed by atoms with E-state index >= 15 is 0 Å². The van der Waals surface area contributed by atoms with Gasteiger partial charge in [0.25, 0.3) is 0 Å². The van der Waals surface area contributed by atoms with Crippen molar-refractivity contribution in [2.24, 2.45) is 18.7 Å². The van der Waals surface area contributed by atoms with Gasteiger partial charge in [0.05, 0.1) is 0 Å². The lowest BCUT2D eigenvalue weighted by molar-refractivity contribution is 0.412. The lowest BCUT2D eigenvalue weighted by Crippen LogP contribution is -2.32. The highest BCUT2D eigenvalue weighted by Crippen LogP contribution is 2.31. The summed E-state index contributed by atoms with van der Waals surface area (Å²) in [6, 6.07) is 1.67. The van der Waals surface area contributed by atoms with Crippen LogP contribution >= 0.6 is 0 Å². The Balaban J connectivity index is 2.26. The SMILES string of the molecule is CCN(CC1CC1)S(=O)(=O)c1cc(CN)n(C)c1. The molecule has 1 saturated carbocycles. The van der Waals surface area contributed by atoms with E-state index in [2.05, 4.69) is 0 Å². The monoisotopic (exact) mass is 271 g/mol. The number of rotatable bonds is 6. The minimum absolute atomic E-state index is 0.348. The Morgan fingerprint density at radius 3 is 2.61 bits per heavy atom. The average molecular weight is 271 g/mol. The highest BCUT2D eigenvalue weighted by molar-refractivity contribution is 7.89. The normalized spacial score (nSPS) is 16.4. The molecule has 1 heterocycles. The molecule has 2 N–H and O–H groups in total. The van der Waals surface area contributed by atoms with Gasteiger partial charge in [-0.1, -0.05) is 6.92 Å². The second-order valence-electron chi connectivity index (χ2n) is 4.88. The summed E-state index contributed by atoms with van der Waals surface area (Å²) in [5, 5.41) is 0. The molecule has 1 aliphatic rings. The number of nitrogens with two attached hydrogens (primary N) is 1. The first-order valence-electron chi connectivity index (χ1n) is 6.34. The van der Waals surface area contributed by atoms with Crippen LogP contribution in [0.2, 0.25) is 0 Å².